The second-order valence-corrected chi connectivity index (χ2v) is 8.28. The van der Waals surface area contributed by atoms with Crippen LogP contribution in [0.3, 0.4) is 0 Å². The van der Waals surface area contributed by atoms with Crippen molar-refractivity contribution >= 4 is 31.6 Å². The standard InChI is InChI=1S/C15H12N4O7S2.3Na/c20-15-14(18-17-10-1-5-12(6-2-10)27(21,22)23)9-16-19(15)11-3-7-13(8-4-11)28(24,25)26;;;/h1-9,16H,(H,21,22,23)(H,24,25,26);;;/q;3*+1. The van der Waals surface area contributed by atoms with Crippen molar-refractivity contribution in [3.63, 3.8) is 0 Å². The van der Waals surface area contributed by atoms with Gasteiger partial charge in [0.05, 0.1) is 27.4 Å². The van der Waals surface area contributed by atoms with Crippen molar-refractivity contribution in [2.45, 2.75) is 9.79 Å². The van der Waals surface area contributed by atoms with E-state index < -0.39 is 25.8 Å². The van der Waals surface area contributed by atoms with Crippen molar-refractivity contribution < 1.29 is 115 Å². The van der Waals surface area contributed by atoms with Crippen LogP contribution in [-0.4, -0.2) is 35.7 Å². The maximum atomic E-state index is 12.4. The normalized spacial score (nSPS) is 11.3. The number of hydrogen-bond donors (Lipinski definition) is 3. The van der Waals surface area contributed by atoms with E-state index in [0.717, 1.165) is 28.9 Å². The van der Waals surface area contributed by atoms with E-state index in [2.05, 4.69) is 15.3 Å². The fourth-order valence-corrected chi connectivity index (χ4v) is 3.15. The largest absolute Gasteiger partial charge is 1.00 e. The van der Waals surface area contributed by atoms with Crippen molar-refractivity contribution in [1.29, 1.82) is 0 Å². The van der Waals surface area contributed by atoms with E-state index in [1.165, 1.54) is 30.5 Å². The molecule has 0 radical (unpaired) electrons. The van der Waals surface area contributed by atoms with E-state index in [-0.39, 0.29) is 110 Å². The van der Waals surface area contributed by atoms with Crippen LogP contribution in [-0.2, 0) is 20.2 Å². The van der Waals surface area contributed by atoms with Crippen molar-refractivity contribution in [2.75, 3.05) is 0 Å². The average molecular weight is 493 g/mol. The van der Waals surface area contributed by atoms with Crippen LogP contribution in [0, 0.1) is 0 Å². The van der Waals surface area contributed by atoms with Gasteiger partial charge in [-0.15, -0.1) is 5.11 Å². The molecule has 146 valence electrons. The van der Waals surface area contributed by atoms with Crippen LogP contribution in [0.1, 0.15) is 0 Å². The van der Waals surface area contributed by atoms with Gasteiger partial charge in [-0.3, -0.25) is 19.0 Å². The Bertz CT molecular complexity index is 1320. The van der Waals surface area contributed by atoms with Crippen molar-refractivity contribution in [2.24, 2.45) is 10.2 Å². The van der Waals surface area contributed by atoms with Gasteiger partial charge < -0.3 is 0 Å². The molecule has 1 heterocycles. The number of nitrogens with zero attached hydrogens (tertiary/aromatic N) is 3. The Kier molecular flexibility index (Phi) is 12.3. The van der Waals surface area contributed by atoms with Crippen molar-refractivity contribution in [3.05, 3.63) is 65.1 Å². The van der Waals surface area contributed by atoms with E-state index in [4.69, 9.17) is 9.11 Å². The Labute approximate surface area is 243 Å². The number of benzene rings is 2. The predicted molar refractivity (Wildman–Crippen MR) is 96.6 cm³/mol. The molecular weight excluding hydrogens is 481 g/mol. The monoisotopic (exact) mass is 493 g/mol. The summed E-state index contributed by atoms with van der Waals surface area (Å²) in [7, 11) is -8.66. The third-order valence-corrected chi connectivity index (χ3v) is 5.29. The molecule has 2 aromatic carbocycles. The summed E-state index contributed by atoms with van der Waals surface area (Å²) in [6.45, 7) is 0. The first-order chi connectivity index (χ1) is 13.1. The molecule has 0 amide bonds. The van der Waals surface area contributed by atoms with Crippen LogP contribution < -0.4 is 94.2 Å². The number of hydrogen-bond acceptors (Lipinski definition) is 7. The van der Waals surface area contributed by atoms with E-state index in [0.29, 0.717) is 5.69 Å². The van der Waals surface area contributed by atoms with Crippen LogP contribution in [0.15, 0.2) is 79.5 Å². The van der Waals surface area contributed by atoms with Gasteiger partial charge in [-0.05, 0) is 48.5 Å². The van der Waals surface area contributed by atoms with Gasteiger partial charge >= 0.3 is 88.7 Å². The minimum atomic E-state index is -4.34. The Morgan fingerprint density at radius 1 is 0.742 bits per heavy atom. The minimum Gasteiger partial charge on any atom is -0.296 e. The molecule has 1 aromatic heterocycles. The number of aromatic amines is 1. The number of H-pyrrole nitrogens is 1. The zero-order chi connectivity index (χ0) is 20.5. The van der Waals surface area contributed by atoms with Crippen molar-refractivity contribution in [1.82, 2.24) is 9.78 Å². The molecule has 0 atom stereocenters. The molecule has 0 fully saturated rings. The second kappa shape index (κ2) is 12.4. The zero-order valence-electron chi connectivity index (χ0n) is 16.8. The number of aromatic nitrogens is 2. The van der Waals surface area contributed by atoms with Gasteiger partial charge in [0, 0.05) is 0 Å². The second-order valence-electron chi connectivity index (χ2n) is 5.44. The van der Waals surface area contributed by atoms with Crippen LogP contribution >= 0.6 is 0 Å². The van der Waals surface area contributed by atoms with Crippen LogP contribution in [0.4, 0.5) is 11.4 Å². The average Bonchev–Trinajstić information content (AvgIpc) is 2.99. The number of azo groups is 1. The molecule has 0 unspecified atom stereocenters. The third kappa shape index (κ3) is 7.99. The predicted octanol–water partition coefficient (Wildman–Crippen LogP) is -6.91. The van der Waals surface area contributed by atoms with Gasteiger partial charge in [0.15, 0.2) is 5.69 Å². The van der Waals surface area contributed by atoms with Gasteiger partial charge in [-0.25, -0.2) is 4.68 Å². The summed E-state index contributed by atoms with van der Waals surface area (Å²) in [5.74, 6) is 0. The fraction of sp³-hybridized carbons (Fsp3) is 0. The molecule has 0 saturated carbocycles. The smallest absolute Gasteiger partial charge is 0.296 e. The summed E-state index contributed by atoms with van der Waals surface area (Å²) in [5.41, 5.74) is -0.0796. The summed E-state index contributed by atoms with van der Waals surface area (Å²) in [6.07, 6.45) is 1.27. The topological polar surface area (TPSA) is 171 Å². The number of rotatable bonds is 5. The van der Waals surface area contributed by atoms with Gasteiger partial charge in [-0.1, -0.05) is 0 Å². The molecular formula is C15H12N4Na3O7S2+3. The fourth-order valence-electron chi connectivity index (χ4n) is 2.19. The number of nitrogens with one attached hydrogen (secondary N) is 1. The first-order valence-electron chi connectivity index (χ1n) is 7.43. The SMILES string of the molecule is O=c1c(N=Nc2ccc(S(=O)(=O)O)cc2)c[nH]n1-c1ccc(S(=O)(=O)O)cc1.[Na+].[Na+].[Na+]. The first kappa shape index (κ1) is 30.9. The Hall–Kier alpha value is -0.130. The molecule has 31 heavy (non-hydrogen) atoms. The first-order valence-corrected chi connectivity index (χ1v) is 10.3. The zero-order valence-corrected chi connectivity index (χ0v) is 24.4. The third-order valence-electron chi connectivity index (χ3n) is 3.55. The van der Waals surface area contributed by atoms with Crippen LogP contribution in [0.2, 0.25) is 0 Å². The minimum absolute atomic E-state index is 0. The Balaban J connectivity index is 0.00000300. The summed E-state index contributed by atoms with van der Waals surface area (Å²) in [5, 5.41) is 10.2. The van der Waals surface area contributed by atoms with E-state index in [9.17, 15) is 21.6 Å². The molecule has 3 rings (SSSR count). The molecule has 3 aromatic rings. The van der Waals surface area contributed by atoms with E-state index in [1.807, 2.05) is 0 Å². The van der Waals surface area contributed by atoms with Crippen LogP contribution in [0.5, 0.6) is 0 Å². The summed E-state index contributed by atoms with van der Waals surface area (Å²) >= 11 is 0. The summed E-state index contributed by atoms with van der Waals surface area (Å²) in [4.78, 5) is 11.7. The quantitative estimate of drug-likeness (QED) is 0.180. The van der Waals surface area contributed by atoms with Crippen molar-refractivity contribution in [3.8, 4) is 5.69 Å². The molecule has 0 bridgehead atoms. The molecule has 11 nitrogen and oxygen atoms in total. The molecule has 0 aliphatic carbocycles. The van der Waals surface area contributed by atoms with Gasteiger partial charge in [0.2, 0.25) is 0 Å². The van der Waals surface area contributed by atoms with Gasteiger partial charge in [-0.2, -0.15) is 21.9 Å². The van der Waals surface area contributed by atoms with Gasteiger partial charge in [0.25, 0.3) is 25.8 Å². The summed E-state index contributed by atoms with van der Waals surface area (Å²) in [6, 6.07) is 9.77. The molecule has 16 heteroatoms. The summed E-state index contributed by atoms with van der Waals surface area (Å²) < 4.78 is 63.1. The van der Waals surface area contributed by atoms with E-state index >= 15 is 0 Å². The maximum absolute atomic E-state index is 12.4. The molecule has 3 N–H and O–H groups in total. The maximum Gasteiger partial charge on any atom is 1.00 e. The Morgan fingerprint density at radius 2 is 1.19 bits per heavy atom. The molecule has 0 aliphatic rings. The molecule has 0 saturated heterocycles. The van der Waals surface area contributed by atoms with Crippen LogP contribution in [0.25, 0.3) is 5.69 Å². The van der Waals surface area contributed by atoms with Gasteiger partial charge in [0.1, 0.15) is 0 Å². The molecule has 0 aliphatic heterocycles. The Morgan fingerprint density at radius 3 is 1.65 bits per heavy atom. The van der Waals surface area contributed by atoms with E-state index in [1.54, 1.807) is 0 Å². The molecule has 0 spiro atoms.